The second-order valence-electron chi connectivity index (χ2n) is 4.32. The molecule has 1 fully saturated rings. The Morgan fingerprint density at radius 2 is 2.06 bits per heavy atom. The first-order chi connectivity index (χ1) is 7.75. The molecule has 2 rings (SSSR count). The van der Waals surface area contributed by atoms with E-state index < -0.39 is 0 Å². The molecule has 1 aliphatic heterocycles. The molecule has 0 aromatic carbocycles. The van der Waals surface area contributed by atoms with Crippen LogP contribution >= 0.6 is 12.6 Å². The zero-order valence-corrected chi connectivity index (χ0v) is 10.6. The molecule has 16 heavy (non-hydrogen) atoms. The van der Waals surface area contributed by atoms with Gasteiger partial charge in [0.15, 0.2) is 0 Å². The number of nitrogens with zero attached hydrogens (tertiary/aromatic N) is 3. The Balaban J connectivity index is 1.86. The van der Waals surface area contributed by atoms with Gasteiger partial charge in [-0.05, 0) is 12.1 Å². The molecule has 0 spiro atoms. The lowest BCUT2D eigenvalue weighted by Crippen LogP contribution is -2.48. The quantitative estimate of drug-likeness (QED) is 0.805. The van der Waals surface area contributed by atoms with Gasteiger partial charge in [0.05, 0.1) is 0 Å². The van der Waals surface area contributed by atoms with E-state index in [0.29, 0.717) is 5.25 Å². The van der Waals surface area contributed by atoms with Crippen LogP contribution in [-0.4, -0.2) is 47.9 Å². The molecule has 1 aliphatic rings. The van der Waals surface area contributed by atoms with Crippen LogP contribution in [0.1, 0.15) is 6.92 Å². The molecule has 1 atom stereocenters. The molecule has 0 N–H and O–H groups in total. The third kappa shape index (κ3) is 3.12. The van der Waals surface area contributed by atoms with Crippen molar-refractivity contribution in [2.24, 2.45) is 0 Å². The minimum absolute atomic E-state index is 0.460. The maximum absolute atomic E-state index is 4.43. The Labute approximate surface area is 103 Å². The van der Waals surface area contributed by atoms with Gasteiger partial charge in [0.1, 0.15) is 5.82 Å². The van der Waals surface area contributed by atoms with Crippen LogP contribution in [0.4, 0.5) is 5.82 Å². The summed E-state index contributed by atoms with van der Waals surface area (Å²) in [6.07, 6.45) is 1.86. The van der Waals surface area contributed by atoms with Gasteiger partial charge in [0.25, 0.3) is 0 Å². The van der Waals surface area contributed by atoms with Crippen molar-refractivity contribution in [1.29, 1.82) is 0 Å². The highest BCUT2D eigenvalue weighted by Gasteiger charge is 2.18. The highest BCUT2D eigenvalue weighted by Crippen LogP contribution is 2.12. The Morgan fingerprint density at radius 1 is 1.31 bits per heavy atom. The molecule has 0 radical (unpaired) electrons. The number of rotatable bonds is 3. The van der Waals surface area contributed by atoms with Crippen molar-refractivity contribution in [2.45, 2.75) is 12.2 Å². The van der Waals surface area contributed by atoms with Crippen molar-refractivity contribution in [3.63, 3.8) is 0 Å². The van der Waals surface area contributed by atoms with E-state index in [1.807, 2.05) is 18.3 Å². The van der Waals surface area contributed by atoms with Gasteiger partial charge in [-0.2, -0.15) is 12.6 Å². The summed E-state index contributed by atoms with van der Waals surface area (Å²) >= 11 is 4.43. The summed E-state index contributed by atoms with van der Waals surface area (Å²) in [6.45, 7) is 7.59. The van der Waals surface area contributed by atoms with Crippen molar-refractivity contribution < 1.29 is 0 Å². The predicted molar refractivity (Wildman–Crippen MR) is 71.3 cm³/mol. The Morgan fingerprint density at radius 3 is 2.62 bits per heavy atom. The van der Waals surface area contributed by atoms with Gasteiger partial charge >= 0.3 is 0 Å². The summed E-state index contributed by atoms with van der Waals surface area (Å²) in [4.78, 5) is 9.20. The number of anilines is 1. The molecule has 2 heterocycles. The molecule has 3 nitrogen and oxygen atoms in total. The number of pyridine rings is 1. The van der Waals surface area contributed by atoms with Crippen LogP contribution in [-0.2, 0) is 0 Å². The molecular formula is C12H19N3S. The number of thiol groups is 1. The summed E-state index contributed by atoms with van der Waals surface area (Å²) in [5.74, 6) is 1.10. The van der Waals surface area contributed by atoms with E-state index in [2.05, 4.69) is 40.4 Å². The summed E-state index contributed by atoms with van der Waals surface area (Å²) < 4.78 is 0. The summed E-state index contributed by atoms with van der Waals surface area (Å²) in [7, 11) is 0. The zero-order valence-electron chi connectivity index (χ0n) is 9.71. The molecule has 1 saturated heterocycles. The fourth-order valence-corrected chi connectivity index (χ4v) is 2.30. The summed E-state index contributed by atoms with van der Waals surface area (Å²) in [5.41, 5.74) is 0. The van der Waals surface area contributed by atoms with E-state index in [-0.39, 0.29) is 0 Å². The minimum atomic E-state index is 0.460. The van der Waals surface area contributed by atoms with Crippen LogP contribution < -0.4 is 4.90 Å². The number of piperazine rings is 1. The second kappa shape index (κ2) is 5.55. The average Bonchev–Trinajstić information content (AvgIpc) is 2.30. The summed E-state index contributed by atoms with van der Waals surface area (Å²) in [5, 5.41) is 0.460. The maximum atomic E-state index is 4.43. The van der Waals surface area contributed by atoms with Crippen molar-refractivity contribution in [1.82, 2.24) is 9.88 Å². The highest BCUT2D eigenvalue weighted by molar-refractivity contribution is 7.80. The topological polar surface area (TPSA) is 19.4 Å². The SMILES string of the molecule is C[C@H](S)CN1CCN(c2ccccn2)CC1. The van der Waals surface area contributed by atoms with E-state index in [1.54, 1.807) is 0 Å². The first kappa shape index (κ1) is 11.7. The van der Waals surface area contributed by atoms with E-state index in [4.69, 9.17) is 0 Å². The first-order valence-corrected chi connectivity index (χ1v) is 6.34. The lowest BCUT2D eigenvalue weighted by molar-refractivity contribution is 0.261. The predicted octanol–water partition coefficient (Wildman–Crippen LogP) is 1.52. The van der Waals surface area contributed by atoms with Crippen molar-refractivity contribution in [3.8, 4) is 0 Å². The number of hydrogen-bond acceptors (Lipinski definition) is 4. The molecule has 1 aromatic rings. The fourth-order valence-electron chi connectivity index (χ4n) is 2.07. The normalized spacial score (nSPS) is 19.8. The summed E-state index contributed by atoms with van der Waals surface area (Å²) in [6, 6.07) is 6.09. The number of aromatic nitrogens is 1. The molecule has 88 valence electrons. The fraction of sp³-hybridized carbons (Fsp3) is 0.583. The lowest BCUT2D eigenvalue weighted by Gasteiger charge is -2.35. The van der Waals surface area contributed by atoms with Gasteiger partial charge in [-0.15, -0.1) is 0 Å². The molecule has 0 aliphatic carbocycles. The van der Waals surface area contributed by atoms with Crippen LogP contribution in [0.2, 0.25) is 0 Å². The van der Waals surface area contributed by atoms with Gasteiger partial charge in [0.2, 0.25) is 0 Å². The first-order valence-electron chi connectivity index (χ1n) is 5.82. The molecule has 4 heteroatoms. The van der Waals surface area contributed by atoms with E-state index in [9.17, 15) is 0 Å². The highest BCUT2D eigenvalue weighted by atomic mass is 32.1. The van der Waals surface area contributed by atoms with Gasteiger partial charge in [0, 0.05) is 44.2 Å². The standard InChI is InChI=1S/C12H19N3S/c1-11(16)10-14-6-8-15(9-7-14)12-4-2-3-5-13-12/h2-5,11,16H,6-10H2,1H3/t11-/m0/s1. The Hall–Kier alpha value is -0.740. The maximum Gasteiger partial charge on any atom is 0.128 e. The largest absolute Gasteiger partial charge is 0.354 e. The van der Waals surface area contributed by atoms with Gasteiger partial charge in [-0.1, -0.05) is 13.0 Å². The molecular weight excluding hydrogens is 218 g/mol. The van der Waals surface area contributed by atoms with E-state index in [1.165, 1.54) is 0 Å². The monoisotopic (exact) mass is 237 g/mol. The van der Waals surface area contributed by atoms with Crippen molar-refractivity contribution >= 4 is 18.4 Å². The molecule has 0 amide bonds. The van der Waals surface area contributed by atoms with Crippen molar-refractivity contribution in [2.75, 3.05) is 37.6 Å². The molecule has 0 unspecified atom stereocenters. The third-order valence-electron chi connectivity index (χ3n) is 2.87. The van der Waals surface area contributed by atoms with Gasteiger partial charge in [-0.25, -0.2) is 4.98 Å². The Bertz CT molecular complexity index is 307. The van der Waals surface area contributed by atoms with E-state index >= 15 is 0 Å². The van der Waals surface area contributed by atoms with Crippen LogP contribution in [0, 0.1) is 0 Å². The van der Waals surface area contributed by atoms with Gasteiger partial charge in [-0.3, -0.25) is 4.90 Å². The third-order valence-corrected chi connectivity index (χ3v) is 3.03. The van der Waals surface area contributed by atoms with E-state index in [0.717, 1.165) is 38.5 Å². The van der Waals surface area contributed by atoms with Crippen LogP contribution in [0.5, 0.6) is 0 Å². The molecule has 0 bridgehead atoms. The lowest BCUT2D eigenvalue weighted by atomic mass is 10.3. The van der Waals surface area contributed by atoms with Crippen LogP contribution in [0.15, 0.2) is 24.4 Å². The minimum Gasteiger partial charge on any atom is -0.354 e. The zero-order chi connectivity index (χ0) is 11.4. The average molecular weight is 237 g/mol. The van der Waals surface area contributed by atoms with Crippen LogP contribution in [0.25, 0.3) is 0 Å². The Kier molecular flexibility index (Phi) is 4.07. The smallest absolute Gasteiger partial charge is 0.128 e. The number of hydrogen-bond donors (Lipinski definition) is 1. The molecule has 0 saturated carbocycles. The molecule has 1 aromatic heterocycles. The van der Waals surface area contributed by atoms with Crippen molar-refractivity contribution in [3.05, 3.63) is 24.4 Å². The van der Waals surface area contributed by atoms with Gasteiger partial charge < -0.3 is 4.90 Å². The second-order valence-corrected chi connectivity index (χ2v) is 5.21. The van der Waals surface area contributed by atoms with Crippen LogP contribution in [0.3, 0.4) is 0 Å².